The molecule has 0 aromatic carbocycles. The van der Waals surface area contributed by atoms with Crippen LogP contribution >= 0.6 is 0 Å². The summed E-state index contributed by atoms with van der Waals surface area (Å²) >= 11 is 0. The minimum atomic E-state index is 0.158. The zero-order chi connectivity index (χ0) is 8.77. The van der Waals surface area contributed by atoms with Gasteiger partial charge < -0.3 is 10.5 Å². The predicted octanol–water partition coefficient (Wildman–Crippen LogP) is 0.884. The van der Waals surface area contributed by atoms with Crippen LogP contribution in [-0.4, -0.2) is 16.4 Å². The first-order valence-electron chi connectivity index (χ1n) is 4.03. The number of fused-ring (bicyclic) bond motifs is 1. The summed E-state index contributed by atoms with van der Waals surface area (Å²) in [6.45, 7) is 5.90. The first kappa shape index (κ1) is 7.46. The zero-order valence-electron chi connectivity index (χ0n) is 7.37. The van der Waals surface area contributed by atoms with Gasteiger partial charge in [-0.3, -0.25) is 0 Å². The van der Waals surface area contributed by atoms with Crippen LogP contribution < -0.4 is 10.5 Å². The molecule has 1 aliphatic rings. The highest BCUT2D eigenvalue weighted by molar-refractivity contribution is 5.33. The first-order chi connectivity index (χ1) is 5.57. The van der Waals surface area contributed by atoms with Gasteiger partial charge in [0.05, 0.1) is 13.2 Å². The standard InChI is InChI=1S/C8H13N3O/c1-8(2)4-11-7(12-5-8)3-6(9)10-11/h3H,4-5H2,1-2H3,(H2,9,10). The third-order valence-electron chi connectivity index (χ3n) is 1.95. The lowest BCUT2D eigenvalue weighted by atomic mass is 9.94. The fourth-order valence-electron chi connectivity index (χ4n) is 1.37. The molecule has 4 nitrogen and oxygen atoms in total. The second-order valence-electron chi connectivity index (χ2n) is 4.02. The van der Waals surface area contributed by atoms with Gasteiger partial charge in [-0.15, -0.1) is 0 Å². The Kier molecular flexibility index (Phi) is 1.34. The van der Waals surface area contributed by atoms with E-state index in [4.69, 9.17) is 10.5 Å². The highest BCUT2D eigenvalue weighted by Crippen LogP contribution is 2.29. The van der Waals surface area contributed by atoms with Gasteiger partial charge in [-0.05, 0) is 0 Å². The largest absolute Gasteiger partial charge is 0.477 e. The van der Waals surface area contributed by atoms with Crippen molar-refractivity contribution < 1.29 is 4.74 Å². The Bertz CT molecular complexity index is 303. The molecule has 12 heavy (non-hydrogen) atoms. The normalized spacial score (nSPS) is 19.8. The molecule has 0 fully saturated rings. The molecule has 0 aliphatic carbocycles. The van der Waals surface area contributed by atoms with E-state index < -0.39 is 0 Å². The maximum Gasteiger partial charge on any atom is 0.213 e. The number of anilines is 1. The molecule has 0 saturated heterocycles. The minimum Gasteiger partial charge on any atom is -0.477 e. The van der Waals surface area contributed by atoms with Crippen LogP contribution in [0.25, 0.3) is 0 Å². The molecular weight excluding hydrogens is 154 g/mol. The molecule has 0 unspecified atom stereocenters. The SMILES string of the molecule is CC1(C)COc2cc(N)nn2C1. The minimum absolute atomic E-state index is 0.158. The van der Waals surface area contributed by atoms with Gasteiger partial charge in [-0.2, -0.15) is 5.10 Å². The van der Waals surface area contributed by atoms with Crippen LogP contribution in [0.15, 0.2) is 6.07 Å². The average molecular weight is 167 g/mol. The number of ether oxygens (including phenoxy) is 1. The molecule has 2 heterocycles. The number of rotatable bonds is 0. The maximum absolute atomic E-state index is 5.53. The molecule has 4 heteroatoms. The monoisotopic (exact) mass is 167 g/mol. The fourth-order valence-corrected chi connectivity index (χ4v) is 1.37. The van der Waals surface area contributed by atoms with E-state index in [1.807, 2.05) is 4.68 Å². The van der Waals surface area contributed by atoms with E-state index in [0.717, 1.165) is 19.0 Å². The van der Waals surface area contributed by atoms with Gasteiger partial charge in [0.2, 0.25) is 5.88 Å². The molecule has 1 aromatic rings. The first-order valence-corrected chi connectivity index (χ1v) is 4.03. The van der Waals surface area contributed by atoms with Crippen LogP contribution in [0.2, 0.25) is 0 Å². The number of hydrogen-bond acceptors (Lipinski definition) is 3. The van der Waals surface area contributed by atoms with Crippen LogP contribution in [-0.2, 0) is 6.54 Å². The number of aromatic nitrogens is 2. The topological polar surface area (TPSA) is 53.1 Å². The second kappa shape index (κ2) is 2.15. The van der Waals surface area contributed by atoms with E-state index in [2.05, 4.69) is 18.9 Å². The van der Waals surface area contributed by atoms with Crippen molar-refractivity contribution in [1.82, 2.24) is 9.78 Å². The summed E-state index contributed by atoms with van der Waals surface area (Å²) in [5.41, 5.74) is 5.69. The average Bonchev–Trinajstić information content (AvgIpc) is 2.26. The molecule has 2 rings (SSSR count). The quantitative estimate of drug-likeness (QED) is 0.624. The van der Waals surface area contributed by atoms with Crippen LogP contribution in [0.1, 0.15) is 13.8 Å². The summed E-state index contributed by atoms with van der Waals surface area (Å²) in [7, 11) is 0. The predicted molar refractivity (Wildman–Crippen MR) is 45.9 cm³/mol. The van der Waals surface area contributed by atoms with Gasteiger partial charge in [0.25, 0.3) is 0 Å². The van der Waals surface area contributed by atoms with Crippen LogP contribution in [0.3, 0.4) is 0 Å². The van der Waals surface area contributed by atoms with Gasteiger partial charge in [0, 0.05) is 11.5 Å². The van der Waals surface area contributed by atoms with Gasteiger partial charge >= 0.3 is 0 Å². The second-order valence-corrected chi connectivity index (χ2v) is 4.02. The van der Waals surface area contributed by atoms with Crippen molar-refractivity contribution in [2.75, 3.05) is 12.3 Å². The van der Waals surface area contributed by atoms with Crippen molar-refractivity contribution in [2.45, 2.75) is 20.4 Å². The Balaban J connectivity index is 2.34. The van der Waals surface area contributed by atoms with E-state index in [1.165, 1.54) is 0 Å². The van der Waals surface area contributed by atoms with Crippen molar-refractivity contribution >= 4 is 5.82 Å². The Hall–Kier alpha value is -1.19. The van der Waals surface area contributed by atoms with Crippen LogP contribution in [0.5, 0.6) is 5.88 Å². The van der Waals surface area contributed by atoms with Crippen molar-refractivity contribution in [3.8, 4) is 5.88 Å². The molecule has 0 bridgehead atoms. The molecule has 2 N–H and O–H groups in total. The smallest absolute Gasteiger partial charge is 0.213 e. The Morgan fingerprint density at radius 1 is 1.67 bits per heavy atom. The molecule has 0 saturated carbocycles. The van der Waals surface area contributed by atoms with E-state index in [9.17, 15) is 0 Å². The van der Waals surface area contributed by atoms with Gasteiger partial charge in [-0.1, -0.05) is 13.8 Å². The Morgan fingerprint density at radius 2 is 2.42 bits per heavy atom. The summed E-state index contributed by atoms with van der Waals surface area (Å²) in [6, 6.07) is 1.76. The number of hydrogen-bond donors (Lipinski definition) is 1. The third kappa shape index (κ3) is 1.13. The Morgan fingerprint density at radius 3 is 3.17 bits per heavy atom. The molecule has 0 amide bonds. The van der Waals surface area contributed by atoms with Gasteiger partial charge in [0.1, 0.15) is 5.82 Å². The fraction of sp³-hybridized carbons (Fsp3) is 0.625. The number of nitrogens with two attached hydrogens (primary N) is 1. The summed E-state index contributed by atoms with van der Waals surface area (Å²) in [5.74, 6) is 1.31. The molecule has 0 atom stereocenters. The molecular formula is C8H13N3O. The number of nitrogen functional groups attached to an aromatic ring is 1. The summed E-state index contributed by atoms with van der Waals surface area (Å²) in [4.78, 5) is 0. The lowest BCUT2D eigenvalue weighted by molar-refractivity contribution is 0.100. The van der Waals surface area contributed by atoms with Gasteiger partial charge in [-0.25, -0.2) is 4.68 Å². The molecule has 0 radical (unpaired) electrons. The summed E-state index contributed by atoms with van der Waals surface area (Å²) in [6.07, 6.45) is 0. The van der Waals surface area contributed by atoms with Crippen molar-refractivity contribution in [1.29, 1.82) is 0 Å². The summed E-state index contributed by atoms with van der Waals surface area (Å²) in [5, 5.41) is 4.12. The van der Waals surface area contributed by atoms with Crippen LogP contribution in [0.4, 0.5) is 5.82 Å². The van der Waals surface area contributed by atoms with E-state index in [0.29, 0.717) is 5.82 Å². The number of nitrogens with zero attached hydrogens (tertiary/aromatic N) is 2. The zero-order valence-corrected chi connectivity index (χ0v) is 7.37. The molecule has 1 aliphatic heterocycles. The lowest BCUT2D eigenvalue weighted by Gasteiger charge is -2.29. The van der Waals surface area contributed by atoms with Crippen molar-refractivity contribution in [3.05, 3.63) is 6.07 Å². The van der Waals surface area contributed by atoms with Gasteiger partial charge in [0.15, 0.2) is 0 Å². The lowest BCUT2D eigenvalue weighted by Crippen LogP contribution is -2.32. The highest BCUT2D eigenvalue weighted by atomic mass is 16.5. The summed E-state index contributed by atoms with van der Waals surface area (Å²) < 4.78 is 7.30. The molecule has 0 spiro atoms. The van der Waals surface area contributed by atoms with E-state index >= 15 is 0 Å². The van der Waals surface area contributed by atoms with E-state index in [-0.39, 0.29) is 5.41 Å². The van der Waals surface area contributed by atoms with E-state index in [1.54, 1.807) is 6.07 Å². The maximum atomic E-state index is 5.53. The van der Waals surface area contributed by atoms with Crippen LogP contribution in [0, 0.1) is 5.41 Å². The van der Waals surface area contributed by atoms with Crippen molar-refractivity contribution in [3.63, 3.8) is 0 Å². The molecule has 66 valence electrons. The third-order valence-corrected chi connectivity index (χ3v) is 1.95. The Labute approximate surface area is 71.3 Å². The van der Waals surface area contributed by atoms with Crippen molar-refractivity contribution in [2.24, 2.45) is 5.41 Å². The highest BCUT2D eigenvalue weighted by Gasteiger charge is 2.27. The molecule has 1 aromatic heterocycles.